The van der Waals surface area contributed by atoms with Crippen molar-refractivity contribution in [3.8, 4) is 0 Å². The van der Waals surface area contributed by atoms with Crippen LogP contribution in [0.1, 0.15) is 23.2 Å². The fourth-order valence-corrected chi connectivity index (χ4v) is 3.09. The van der Waals surface area contributed by atoms with E-state index in [0.29, 0.717) is 17.6 Å². The van der Waals surface area contributed by atoms with Crippen molar-refractivity contribution in [2.24, 2.45) is 5.73 Å². The maximum absolute atomic E-state index is 11.2. The summed E-state index contributed by atoms with van der Waals surface area (Å²) >= 11 is 0. The zero-order valence-electron chi connectivity index (χ0n) is 14.3. The van der Waals surface area contributed by atoms with E-state index in [1.807, 2.05) is 22.7 Å². The number of hydrogen-bond acceptors (Lipinski definition) is 6. The summed E-state index contributed by atoms with van der Waals surface area (Å²) in [5.41, 5.74) is 7.28. The highest BCUT2D eigenvalue weighted by molar-refractivity contribution is 5.93. The van der Waals surface area contributed by atoms with Gasteiger partial charge in [0.05, 0.1) is 0 Å². The van der Waals surface area contributed by atoms with Crippen LogP contribution in [0.4, 0.5) is 17.5 Å². The maximum atomic E-state index is 11.2. The third kappa shape index (κ3) is 3.45. The number of amides is 1. The molecule has 8 nitrogen and oxygen atoms in total. The minimum absolute atomic E-state index is 0.434. The summed E-state index contributed by atoms with van der Waals surface area (Å²) < 4.78 is 1.81. The van der Waals surface area contributed by atoms with Gasteiger partial charge in [0.15, 0.2) is 5.65 Å². The lowest BCUT2D eigenvalue weighted by Crippen LogP contribution is -2.35. The Morgan fingerprint density at radius 3 is 2.65 bits per heavy atom. The highest BCUT2D eigenvalue weighted by atomic mass is 16.1. The third-order valence-electron chi connectivity index (χ3n) is 4.48. The Morgan fingerprint density at radius 2 is 1.92 bits per heavy atom. The van der Waals surface area contributed by atoms with Crippen LogP contribution >= 0.6 is 0 Å². The van der Waals surface area contributed by atoms with Crippen molar-refractivity contribution in [3.63, 3.8) is 0 Å². The number of benzene rings is 1. The molecule has 2 aromatic heterocycles. The van der Waals surface area contributed by atoms with Crippen molar-refractivity contribution in [2.75, 3.05) is 23.7 Å². The molecular formula is C18H21N7O. The average molecular weight is 351 g/mol. The van der Waals surface area contributed by atoms with Crippen LogP contribution in [0.3, 0.4) is 0 Å². The first-order chi connectivity index (χ1) is 12.7. The van der Waals surface area contributed by atoms with Gasteiger partial charge in [-0.3, -0.25) is 4.79 Å². The van der Waals surface area contributed by atoms with Gasteiger partial charge in [-0.1, -0.05) is 6.07 Å². The lowest BCUT2D eigenvalue weighted by Gasteiger charge is -2.24. The smallest absolute Gasteiger partial charge is 0.248 e. The van der Waals surface area contributed by atoms with Crippen LogP contribution in [0.2, 0.25) is 0 Å². The number of fused-ring (bicyclic) bond motifs is 1. The number of primary amides is 1. The zero-order valence-corrected chi connectivity index (χ0v) is 14.3. The molecule has 3 heterocycles. The molecule has 0 radical (unpaired) electrons. The first kappa shape index (κ1) is 16.3. The van der Waals surface area contributed by atoms with Gasteiger partial charge in [0.2, 0.25) is 11.9 Å². The molecule has 0 atom stereocenters. The molecule has 1 amide bonds. The quantitative estimate of drug-likeness (QED) is 0.557. The van der Waals surface area contributed by atoms with Crippen molar-refractivity contribution >= 4 is 29.0 Å². The minimum atomic E-state index is -0.448. The molecule has 1 aliphatic heterocycles. The Kier molecular flexibility index (Phi) is 4.40. The predicted molar refractivity (Wildman–Crippen MR) is 101 cm³/mol. The molecule has 1 saturated heterocycles. The molecule has 4 rings (SSSR count). The van der Waals surface area contributed by atoms with E-state index >= 15 is 0 Å². The van der Waals surface area contributed by atoms with E-state index in [9.17, 15) is 4.79 Å². The topological polar surface area (TPSA) is 109 Å². The van der Waals surface area contributed by atoms with Gasteiger partial charge in [0, 0.05) is 17.3 Å². The van der Waals surface area contributed by atoms with E-state index in [0.717, 1.165) is 43.1 Å². The minimum Gasteiger partial charge on any atom is -0.367 e. The predicted octanol–water partition coefficient (Wildman–Crippen LogP) is 1.74. The Balaban J connectivity index is 1.55. The highest BCUT2D eigenvalue weighted by Crippen LogP contribution is 2.19. The number of nitrogens with zero attached hydrogens (tertiary/aromatic N) is 3. The number of hydrogen-bond donors (Lipinski definition) is 4. The van der Waals surface area contributed by atoms with Crippen molar-refractivity contribution in [3.05, 3.63) is 48.0 Å². The molecule has 0 unspecified atom stereocenters. The van der Waals surface area contributed by atoms with E-state index in [1.54, 1.807) is 24.3 Å². The summed E-state index contributed by atoms with van der Waals surface area (Å²) in [6, 6.07) is 13.2. The Labute approximate surface area is 150 Å². The van der Waals surface area contributed by atoms with Crippen LogP contribution in [0.25, 0.3) is 5.65 Å². The first-order valence-corrected chi connectivity index (χ1v) is 8.69. The summed E-state index contributed by atoms with van der Waals surface area (Å²) in [6.45, 7) is 2.05. The molecule has 1 fully saturated rings. The van der Waals surface area contributed by atoms with Gasteiger partial charge in [-0.05, 0) is 62.3 Å². The summed E-state index contributed by atoms with van der Waals surface area (Å²) in [7, 11) is 0. The molecule has 8 heteroatoms. The van der Waals surface area contributed by atoms with Gasteiger partial charge >= 0.3 is 0 Å². The third-order valence-corrected chi connectivity index (χ3v) is 4.48. The average Bonchev–Trinajstić information content (AvgIpc) is 3.06. The Bertz CT molecular complexity index is 913. The van der Waals surface area contributed by atoms with Crippen LogP contribution < -0.4 is 21.7 Å². The van der Waals surface area contributed by atoms with E-state index < -0.39 is 5.91 Å². The number of carbonyl (C=O) groups excluding carboxylic acids is 1. The van der Waals surface area contributed by atoms with Gasteiger partial charge in [-0.25, -0.2) is 0 Å². The van der Waals surface area contributed by atoms with E-state index in [1.165, 1.54) is 0 Å². The van der Waals surface area contributed by atoms with Crippen LogP contribution in [-0.2, 0) is 0 Å². The van der Waals surface area contributed by atoms with Gasteiger partial charge in [-0.2, -0.15) is 9.50 Å². The second-order valence-electron chi connectivity index (χ2n) is 6.35. The molecule has 26 heavy (non-hydrogen) atoms. The SMILES string of the molecule is NC(=O)c1ccc(Nc2nc3cccc(NC4CCNCC4)n3n2)cc1. The highest BCUT2D eigenvalue weighted by Gasteiger charge is 2.15. The number of pyridine rings is 1. The van der Waals surface area contributed by atoms with E-state index in [-0.39, 0.29) is 0 Å². The van der Waals surface area contributed by atoms with Crippen molar-refractivity contribution in [1.82, 2.24) is 19.9 Å². The van der Waals surface area contributed by atoms with Crippen LogP contribution in [-0.4, -0.2) is 39.6 Å². The molecule has 5 N–H and O–H groups in total. The molecule has 0 bridgehead atoms. The number of anilines is 3. The largest absolute Gasteiger partial charge is 0.367 e. The number of piperidine rings is 1. The second-order valence-corrected chi connectivity index (χ2v) is 6.35. The number of rotatable bonds is 5. The van der Waals surface area contributed by atoms with E-state index in [4.69, 9.17) is 5.73 Å². The maximum Gasteiger partial charge on any atom is 0.248 e. The molecule has 0 saturated carbocycles. The molecule has 0 spiro atoms. The molecular weight excluding hydrogens is 330 g/mol. The number of nitrogens with one attached hydrogen (secondary N) is 3. The number of carbonyl (C=O) groups is 1. The van der Waals surface area contributed by atoms with Crippen molar-refractivity contribution in [2.45, 2.75) is 18.9 Å². The summed E-state index contributed by atoms with van der Waals surface area (Å²) in [6.07, 6.45) is 2.17. The number of nitrogens with two attached hydrogens (primary N) is 1. The van der Waals surface area contributed by atoms with Gasteiger partial charge in [0.25, 0.3) is 0 Å². The van der Waals surface area contributed by atoms with E-state index in [2.05, 4.69) is 26.0 Å². The zero-order chi connectivity index (χ0) is 17.9. The van der Waals surface area contributed by atoms with Gasteiger partial charge in [0.1, 0.15) is 5.82 Å². The fraction of sp³-hybridized carbons (Fsp3) is 0.278. The van der Waals surface area contributed by atoms with Crippen LogP contribution in [0.5, 0.6) is 0 Å². The Morgan fingerprint density at radius 1 is 1.15 bits per heavy atom. The standard InChI is InChI=1S/C18H21N7O/c19-17(26)12-4-6-13(7-5-12)22-18-23-16-3-1-2-15(25(16)24-18)21-14-8-10-20-11-9-14/h1-7,14,20-21H,8-11H2,(H2,19,26)(H,22,24). The monoisotopic (exact) mass is 351 g/mol. The van der Waals surface area contributed by atoms with Crippen molar-refractivity contribution in [1.29, 1.82) is 0 Å². The lowest BCUT2D eigenvalue weighted by molar-refractivity contribution is 0.100. The molecule has 1 aliphatic rings. The van der Waals surface area contributed by atoms with Crippen molar-refractivity contribution < 1.29 is 4.79 Å². The van der Waals surface area contributed by atoms with Gasteiger partial charge in [-0.15, -0.1) is 5.10 Å². The van der Waals surface area contributed by atoms with Gasteiger partial charge < -0.3 is 21.7 Å². The second kappa shape index (κ2) is 7.01. The lowest BCUT2D eigenvalue weighted by atomic mass is 10.1. The first-order valence-electron chi connectivity index (χ1n) is 8.69. The fourth-order valence-electron chi connectivity index (χ4n) is 3.09. The molecule has 1 aromatic carbocycles. The van der Waals surface area contributed by atoms with Crippen LogP contribution in [0, 0.1) is 0 Å². The molecule has 3 aromatic rings. The summed E-state index contributed by atoms with van der Waals surface area (Å²) in [5.74, 6) is 0.978. The van der Waals surface area contributed by atoms with Crippen LogP contribution in [0.15, 0.2) is 42.5 Å². The molecule has 0 aliphatic carbocycles. The molecule has 134 valence electrons. The summed E-state index contributed by atoms with van der Waals surface area (Å²) in [4.78, 5) is 15.7. The Hall–Kier alpha value is -3.13. The summed E-state index contributed by atoms with van der Waals surface area (Å²) in [5, 5.41) is 14.6. The number of aromatic nitrogens is 3. The normalized spacial score (nSPS) is 15.1.